The summed E-state index contributed by atoms with van der Waals surface area (Å²) in [6.45, 7) is 0. The van der Waals surface area contributed by atoms with Crippen molar-refractivity contribution < 1.29 is 0 Å². The van der Waals surface area contributed by atoms with Crippen LogP contribution >= 0.6 is 0 Å². The van der Waals surface area contributed by atoms with Gasteiger partial charge < -0.3 is 0 Å². The molecule has 0 aliphatic heterocycles. The second-order valence-electron chi connectivity index (χ2n) is 1.22. The first-order valence-electron chi connectivity index (χ1n) is 2.10. The molecule has 0 nitrogen and oxygen atoms in total. The van der Waals surface area contributed by atoms with E-state index < -0.39 is 0 Å². The van der Waals surface area contributed by atoms with E-state index in [4.69, 9.17) is 0 Å². The number of hydrogen-bond donors (Lipinski definition) is 0. The summed E-state index contributed by atoms with van der Waals surface area (Å²) >= 11 is 0. The van der Waals surface area contributed by atoms with Crippen molar-refractivity contribution in [2.75, 3.05) is 0 Å². The molecule has 0 saturated heterocycles. The van der Waals surface area contributed by atoms with Crippen molar-refractivity contribution >= 4 is 0 Å². The second kappa shape index (κ2) is 1.81. The fourth-order valence-corrected chi connectivity index (χ4v) is 0.429. The van der Waals surface area contributed by atoms with E-state index in [1.807, 2.05) is 12.2 Å². The zero-order chi connectivity index (χ0) is 4.24. The average molecular weight is 78.1 g/mol. The van der Waals surface area contributed by atoms with Crippen LogP contribution in [0.1, 0.15) is 12.8 Å². The van der Waals surface area contributed by atoms with Crippen molar-refractivity contribution in [1.82, 2.24) is 0 Å². The third kappa shape index (κ3) is 0.713. The molecule has 0 bridgehead atoms. The molecule has 2 radical (unpaired) electrons. The van der Waals surface area contributed by atoms with Gasteiger partial charge in [0.1, 0.15) is 0 Å². The fraction of sp³-hybridized carbons (Fsp3) is 0.333. The lowest BCUT2D eigenvalue weighted by atomic mass is 10.2. The van der Waals surface area contributed by atoms with Gasteiger partial charge in [-0.2, -0.15) is 0 Å². The van der Waals surface area contributed by atoms with Crippen LogP contribution in [-0.4, -0.2) is 0 Å². The van der Waals surface area contributed by atoms with Crippen LogP contribution in [0.4, 0.5) is 0 Å². The van der Waals surface area contributed by atoms with E-state index in [1.165, 1.54) is 0 Å². The maximum atomic E-state index is 3.04. The lowest BCUT2D eigenvalue weighted by molar-refractivity contribution is 1.17. The normalized spacial score (nSPS) is 18.7. The molecule has 0 amide bonds. The van der Waals surface area contributed by atoms with Crippen LogP contribution in [-0.2, 0) is 0 Å². The molecule has 0 N–H and O–H groups in total. The highest BCUT2D eigenvalue weighted by Gasteiger charge is 1.77. The molecule has 0 heterocycles. The molecule has 1 aliphatic rings. The summed E-state index contributed by atoms with van der Waals surface area (Å²) in [5.41, 5.74) is 0. The summed E-state index contributed by atoms with van der Waals surface area (Å²) in [4.78, 5) is 0. The maximum Gasteiger partial charge on any atom is -0.00917 e. The van der Waals surface area contributed by atoms with E-state index in [2.05, 4.69) is 12.2 Å². The molecule has 0 unspecified atom stereocenters. The highest BCUT2D eigenvalue weighted by atomic mass is 13.8. The minimum Gasteiger partial charge on any atom is -0.0763 e. The predicted molar refractivity (Wildman–Crippen MR) is 24.9 cm³/mol. The summed E-state index contributed by atoms with van der Waals surface area (Å²) in [7, 11) is 0. The SMILES string of the molecule is [C]1=CC[C]=CC1. The zero-order valence-corrected chi connectivity index (χ0v) is 3.57. The Morgan fingerprint density at radius 3 is 1.67 bits per heavy atom. The average Bonchev–Trinajstić information content (AvgIpc) is 1.72. The lowest BCUT2D eigenvalue weighted by Crippen LogP contribution is -1.68. The van der Waals surface area contributed by atoms with Crippen LogP contribution in [0.5, 0.6) is 0 Å². The maximum absolute atomic E-state index is 3.04. The van der Waals surface area contributed by atoms with Crippen LogP contribution in [0, 0.1) is 12.2 Å². The van der Waals surface area contributed by atoms with Crippen molar-refractivity contribution in [2.24, 2.45) is 0 Å². The van der Waals surface area contributed by atoms with Crippen LogP contribution in [0.15, 0.2) is 12.2 Å². The molecule has 0 spiro atoms. The van der Waals surface area contributed by atoms with Gasteiger partial charge in [0.2, 0.25) is 0 Å². The fourth-order valence-electron chi connectivity index (χ4n) is 0.429. The van der Waals surface area contributed by atoms with Crippen molar-refractivity contribution in [3.05, 3.63) is 24.3 Å². The summed E-state index contributed by atoms with van der Waals surface area (Å²) < 4.78 is 0. The minimum absolute atomic E-state index is 0.958. The molecule has 0 fully saturated rings. The van der Waals surface area contributed by atoms with Crippen molar-refractivity contribution in [2.45, 2.75) is 12.8 Å². The van der Waals surface area contributed by atoms with E-state index in [0.29, 0.717) is 0 Å². The van der Waals surface area contributed by atoms with Gasteiger partial charge in [0.25, 0.3) is 0 Å². The first-order chi connectivity index (χ1) is 3.00. The summed E-state index contributed by atoms with van der Waals surface area (Å²) in [5, 5.41) is 0. The standard InChI is InChI=1S/C6H6/c1-2-4-6-5-3-1/h1,6H,2,5H2. The van der Waals surface area contributed by atoms with Gasteiger partial charge in [0.05, 0.1) is 0 Å². The predicted octanol–water partition coefficient (Wildman–Crippen LogP) is 1.50. The third-order valence-electron chi connectivity index (χ3n) is 0.729. The molecular formula is C6H6. The quantitative estimate of drug-likeness (QED) is 0.412. The van der Waals surface area contributed by atoms with Gasteiger partial charge >= 0.3 is 0 Å². The first kappa shape index (κ1) is 3.66. The Labute approximate surface area is 38.2 Å². The molecule has 0 aromatic rings. The Morgan fingerprint density at radius 1 is 1.00 bits per heavy atom. The molecule has 0 heteroatoms. The van der Waals surface area contributed by atoms with Crippen LogP contribution in [0.25, 0.3) is 0 Å². The van der Waals surface area contributed by atoms with Gasteiger partial charge in [-0.3, -0.25) is 0 Å². The van der Waals surface area contributed by atoms with Crippen molar-refractivity contribution in [3.63, 3.8) is 0 Å². The van der Waals surface area contributed by atoms with E-state index in [-0.39, 0.29) is 0 Å². The first-order valence-corrected chi connectivity index (χ1v) is 2.10. The molecule has 1 aliphatic carbocycles. The lowest BCUT2D eigenvalue weighted by Gasteiger charge is -1.85. The summed E-state index contributed by atoms with van der Waals surface area (Å²) in [5.74, 6) is 0. The van der Waals surface area contributed by atoms with E-state index in [1.54, 1.807) is 0 Å². The van der Waals surface area contributed by atoms with Gasteiger partial charge in [-0.15, -0.1) is 0 Å². The molecule has 0 atom stereocenters. The Kier molecular flexibility index (Phi) is 1.10. The summed E-state index contributed by atoms with van der Waals surface area (Å²) in [6.07, 6.45) is 12.0. The van der Waals surface area contributed by atoms with Gasteiger partial charge in [0.15, 0.2) is 0 Å². The zero-order valence-electron chi connectivity index (χ0n) is 3.57. The highest BCUT2D eigenvalue weighted by Crippen LogP contribution is 1.94. The number of hydrogen-bond acceptors (Lipinski definition) is 0. The Hall–Kier alpha value is -0.520. The molecule has 0 saturated carbocycles. The van der Waals surface area contributed by atoms with Gasteiger partial charge in [0, 0.05) is 0 Å². The second-order valence-corrected chi connectivity index (χ2v) is 1.22. The Morgan fingerprint density at radius 2 is 1.50 bits per heavy atom. The molecule has 6 heavy (non-hydrogen) atoms. The van der Waals surface area contributed by atoms with Crippen molar-refractivity contribution in [3.8, 4) is 0 Å². The summed E-state index contributed by atoms with van der Waals surface area (Å²) in [6, 6.07) is 0. The van der Waals surface area contributed by atoms with Gasteiger partial charge in [-0.25, -0.2) is 0 Å². The Balaban J connectivity index is 2.40. The van der Waals surface area contributed by atoms with Gasteiger partial charge in [-0.05, 0) is 25.0 Å². The topological polar surface area (TPSA) is 0 Å². The third-order valence-corrected chi connectivity index (χ3v) is 0.729. The van der Waals surface area contributed by atoms with E-state index in [9.17, 15) is 0 Å². The largest absolute Gasteiger partial charge is 0.0763 e. The number of allylic oxidation sites excluding steroid dienone is 4. The number of rotatable bonds is 0. The highest BCUT2D eigenvalue weighted by molar-refractivity contribution is 4.92. The Bertz CT molecular complexity index is 58.0. The monoisotopic (exact) mass is 78.0 g/mol. The van der Waals surface area contributed by atoms with Crippen LogP contribution < -0.4 is 0 Å². The molecule has 30 valence electrons. The van der Waals surface area contributed by atoms with Crippen molar-refractivity contribution in [1.29, 1.82) is 0 Å². The molecule has 0 aromatic carbocycles. The van der Waals surface area contributed by atoms with Crippen LogP contribution in [0.2, 0.25) is 0 Å². The molecule has 1 rings (SSSR count). The van der Waals surface area contributed by atoms with Gasteiger partial charge in [-0.1, -0.05) is 12.2 Å². The smallest absolute Gasteiger partial charge is 0.00917 e. The molecular weight excluding hydrogens is 72.1 g/mol. The minimum atomic E-state index is 0.958. The van der Waals surface area contributed by atoms with Crippen LogP contribution in [0.3, 0.4) is 0 Å². The molecule has 0 aromatic heterocycles. The van der Waals surface area contributed by atoms with E-state index >= 15 is 0 Å². The van der Waals surface area contributed by atoms with E-state index in [0.717, 1.165) is 12.8 Å².